The molecule has 0 aromatic carbocycles. The Labute approximate surface area is 230 Å². The van der Waals surface area contributed by atoms with Gasteiger partial charge < -0.3 is 19.4 Å². The van der Waals surface area contributed by atoms with Gasteiger partial charge in [0.05, 0.1) is 31.7 Å². The van der Waals surface area contributed by atoms with Gasteiger partial charge in [-0.05, 0) is 6.42 Å². The molecule has 210 valence electrons. The van der Waals surface area contributed by atoms with Crippen molar-refractivity contribution in [3.8, 4) is 17.2 Å². The smallest absolute Gasteiger partial charge is 0.211 e. The summed E-state index contributed by atoms with van der Waals surface area (Å²) in [5.41, 5.74) is 2.87. The van der Waals surface area contributed by atoms with Crippen LogP contribution in [0.4, 0.5) is 16.2 Å². The Kier molecular flexibility index (Phi) is 6.53. The van der Waals surface area contributed by atoms with Gasteiger partial charge in [-0.3, -0.25) is 14.6 Å². The fraction of sp³-hybridized carbons (Fsp3) is 0.444. The van der Waals surface area contributed by atoms with Crippen molar-refractivity contribution >= 4 is 28.4 Å². The molecule has 0 bridgehead atoms. The number of fused-ring (bicyclic) bond motifs is 2. The van der Waals surface area contributed by atoms with Crippen molar-refractivity contribution in [1.29, 1.82) is 0 Å². The number of aryl methyl sites for hydroxylation is 1. The summed E-state index contributed by atoms with van der Waals surface area (Å²) in [7, 11) is 3.48. The SMILES string of the molecule is COc1c(Oc2cnn3ccncc23)cnc2nc(Nc3cc(C(C)(C)C)n([C@@H]4CCN(CCF)C4)n3)n(C)c12. The van der Waals surface area contributed by atoms with Crippen LogP contribution in [0.25, 0.3) is 16.7 Å². The second kappa shape index (κ2) is 10.0. The van der Waals surface area contributed by atoms with Crippen LogP contribution in [0.1, 0.15) is 38.9 Å². The maximum atomic E-state index is 12.9. The Balaban J connectivity index is 1.33. The summed E-state index contributed by atoms with van der Waals surface area (Å²) in [6.45, 7) is 8.29. The Bertz CT molecular complexity index is 1670. The summed E-state index contributed by atoms with van der Waals surface area (Å²) < 4.78 is 30.5. The molecule has 0 amide bonds. The van der Waals surface area contributed by atoms with Crippen LogP contribution < -0.4 is 14.8 Å². The number of anilines is 2. The summed E-state index contributed by atoms with van der Waals surface area (Å²) in [5.74, 6) is 2.71. The standard InChI is InChI=1S/C27H33FN10O2/c1-27(2,3)21-12-22(34-38(21)17-6-9-36(16-17)10-7-28)32-26-33-25-23(35(26)4)24(39-5)20(14-30-25)40-19-15-31-37-11-8-29-13-18(19)37/h8,11-15,17H,6-7,9-10,16H2,1-5H3,(H,30,32,33,34)/t17-/m1/s1. The first-order valence-electron chi connectivity index (χ1n) is 13.3. The number of rotatable bonds is 8. The molecule has 40 heavy (non-hydrogen) atoms. The van der Waals surface area contributed by atoms with Gasteiger partial charge in [-0.25, -0.2) is 13.9 Å². The number of nitrogens with one attached hydrogen (secondary N) is 1. The van der Waals surface area contributed by atoms with Crippen LogP contribution >= 0.6 is 0 Å². The van der Waals surface area contributed by atoms with Crippen LogP contribution in [0.2, 0.25) is 0 Å². The number of alkyl halides is 1. The van der Waals surface area contributed by atoms with Gasteiger partial charge in [0, 0.05) is 56.3 Å². The zero-order chi connectivity index (χ0) is 28.0. The third kappa shape index (κ3) is 4.59. The average Bonchev–Trinajstić information content (AvgIpc) is 3.71. The predicted octanol–water partition coefficient (Wildman–Crippen LogP) is 4.27. The molecule has 13 heteroatoms. The second-order valence-electron chi connectivity index (χ2n) is 11.0. The van der Waals surface area contributed by atoms with Crippen molar-refractivity contribution in [3.63, 3.8) is 0 Å². The summed E-state index contributed by atoms with van der Waals surface area (Å²) in [6, 6.07) is 2.25. The number of pyridine rings is 1. The van der Waals surface area contributed by atoms with Crippen LogP contribution in [-0.4, -0.2) is 77.2 Å². The molecule has 1 fully saturated rings. The van der Waals surface area contributed by atoms with E-state index in [4.69, 9.17) is 19.6 Å². The van der Waals surface area contributed by atoms with Crippen molar-refractivity contribution in [1.82, 2.24) is 43.8 Å². The first-order valence-corrected chi connectivity index (χ1v) is 13.3. The molecule has 1 aliphatic heterocycles. The van der Waals surface area contributed by atoms with Gasteiger partial charge in [-0.1, -0.05) is 20.8 Å². The molecular formula is C27H33FN10O2. The lowest BCUT2D eigenvalue weighted by atomic mass is 9.91. The van der Waals surface area contributed by atoms with Crippen LogP contribution in [-0.2, 0) is 12.5 Å². The summed E-state index contributed by atoms with van der Waals surface area (Å²) >= 11 is 0. The molecule has 1 aliphatic rings. The molecule has 5 aromatic rings. The summed E-state index contributed by atoms with van der Waals surface area (Å²) in [5, 5.41) is 12.6. The first kappa shape index (κ1) is 26.0. The number of halogens is 1. The topological polar surface area (TPSA) is 112 Å². The molecule has 12 nitrogen and oxygen atoms in total. The highest BCUT2D eigenvalue weighted by Crippen LogP contribution is 2.39. The van der Waals surface area contributed by atoms with E-state index in [0.717, 1.165) is 30.7 Å². The first-order chi connectivity index (χ1) is 19.3. The lowest BCUT2D eigenvalue weighted by Gasteiger charge is -2.23. The van der Waals surface area contributed by atoms with E-state index in [0.29, 0.717) is 46.7 Å². The number of methoxy groups -OCH3 is 1. The van der Waals surface area contributed by atoms with Crippen molar-refractivity contribution in [2.75, 3.05) is 38.7 Å². The van der Waals surface area contributed by atoms with Crippen molar-refractivity contribution < 1.29 is 13.9 Å². The fourth-order valence-corrected chi connectivity index (χ4v) is 5.26. The van der Waals surface area contributed by atoms with E-state index >= 15 is 0 Å². The molecule has 1 saturated heterocycles. The van der Waals surface area contributed by atoms with Crippen molar-refractivity contribution in [3.05, 3.63) is 42.7 Å². The van der Waals surface area contributed by atoms with E-state index in [9.17, 15) is 4.39 Å². The Morgan fingerprint density at radius 3 is 2.80 bits per heavy atom. The number of imidazole rings is 1. The second-order valence-corrected chi connectivity index (χ2v) is 11.0. The normalized spacial score (nSPS) is 16.3. The van der Waals surface area contributed by atoms with Gasteiger partial charge in [0.2, 0.25) is 5.95 Å². The van der Waals surface area contributed by atoms with Gasteiger partial charge >= 0.3 is 0 Å². The average molecular weight is 549 g/mol. The summed E-state index contributed by atoms with van der Waals surface area (Å²) in [4.78, 5) is 15.6. The molecule has 0 unspecified atom stereocenters. The third-order valence-electron chi connectivity index (χ3n) is 7.27. The maximum Gasteiger partial charge on any atom is 0.211 e. The lowest BCUT2D eigenvalue weighted by molar-refractivity contribution is 0.282. The van der Waals surface area contributed by atoms with Crippen molar-refractivity contribution in [2.45, 2.75) is 38.6 Å². The van der Waals surface area contributed by atoms with Crippen molar-refractivity contribution in [2.24, 2.45) is 7.05 Å². The lowest BCUT2D eigenvalue weighted by Crippen LogP contribution is -2.26. The van der Waals surface area contributed by atoms with Gasteiger partial charge in [-0.15, -0.1) is 0 Å². The Morgan fingerprint density at radius 2 is 2.02 bits per heavy atom. The largest absolute Gasteiger partial charge is 0.491 e. The molecule has 1 atom stereocenters. The monoisotopic (exact) mass is 548 g/mol. The minimum Gasteiger partial charge on any atom is -0.491 e. The number of ether oxygens (including phenoxy) is 2. The third-order valence-corrected chi connectivity index (χ3v) is 7.27. The highest BCUT2D eigenvalue weighted by Gasteiger charge is 2.30. The minimum absolute atomic E-state index is 0.128. The molecule has 0 radical (unpaired) electrons. The molecule has 6 heterocycles. The summed E-state index contributed by atoms with van der Waals surface area (Å²) in [6.07, 6.45) is 9.24. The van der Waals surface area contributed by atoms with E-state index < -0.39 is 0 Å². The quantitative estimate of drug-likeness (QED) is 0.304. The van der Waals surface area contributed by atoms with E-state index in [1.165, 1.54) is 0 Å². The number of nitrogens with zero attached hydrogens (tertiary/aromatic N) is 9. The van der Waals surface area contributed by atoms with E-state index in [1.807, 2.05) is 11.6 Å². The van der Waals surface area contributed by atoms with Crippen LogP contribution in [0.15, 0.2) is 37.1 Å². The number of hydrogen-bond acceptors (Lipinski definition) is 9. The molecule has 0 spiro atoms. The molecule has 0 saturated carbocycles. The minimum atomic E-state index is -0.335. The molecule has 5 aromatic heterocycles. The predicted molar refractivity (Wildman–Crippen MR) is 148 cm³/mol. The van der Waals surface area contributed by atoms with Crippen LogP contribution in [0.3, 0.4) is 0 Å². The Hall–Kier alpha value is -4.26. The van der Waals surface area contributed by atoms with Gasteiger partial charge in [0.15, 0.2) is 28.7 Å². The van der Waals surface area contributed by atoms with Crippen LogP contribution in [0.5, 0.6) is 17.2 Å². The number of likely N-dealkylation sites (tertiary alicyclic amines) is 1. The van der Waals surface area contributed by atoms with Gasteiger partial charge in [0.1, 0.15) is 17.7 Å². The van der Waals surface area contributed by atoms with Gasteiger partial charge in [0.25, 0.3) is 0 Å². The van der Waals surface area contributed by atoms with Gasteiger partial charge in [-0.2, -0.15) is 15.2 Å². The number of hydrogen-bond donors (Lipinski definition) is 1. The van der Waals surface area contributed by atoms with E-state index in [1.54, 1.807) is 42.6 Å². The maximum absolute atomic E-state index is 12.9. The molecule has 1 N–H and O–H groups in total. The van der Waals surface area contributed by atoms with E-state index in [-0.39, 0.29) is 18.1 Å². The zero-order valence-corrected chi connectivity index (χ0v) is 23.3. The fourth-order valence-electron chi connectivity index (χ4n) is 5.26. The molecule has 0 aliphatic carbocycles. The highest BCUT2D eigenvalue weighted by atomic mass is 19.1. The number of aromatic nitrogens is 8. The van der Waals surface area contributed by atoms with Crippen LogP contribution in [0, 0.1) is 0 Å². The Morgan fingerprint density at radius 1 is 1.18 bits per heavy atom. The highest BCUT2D eigenvalue weighted by molar-refractivity contribution is 5.85. The zero-order valence-electron chi connectivity index (χ0n) is 23.3. The van der Waals surface area contributed by atoms with E-state index in [2.05, 4.69) is 56.8 Å². The molecule has 6 rings (SSSR count). The molecular weight excluding hydrogens is 515 g/mol.